The molecule has 25 heavy (non-hydrogen) atoms. The summed E-state index contributed by atoms with van der Waals surface area (Å²) >= 11 is 0. The number of carboxylic acids is 1. The molecule has 1 aromatic rings. The van der Waals surface area contributed by atoms with E-state index in [4.69, 9.17) is 4.74 Å². The molecule has 1 heterocycles. The van der Waals surface area contributed by atoms with Crippen molar-refractivity contribution < 1.29 is 19.4 Å². The number of aliphatic carboxylic acids is 1. The standard InChI is InChI=1S/C19H26N2O4/c1-14(19(23)24)21(16-7-8-16)18(22)11-17-13-20(9-10-25-17)12-15-5-3-2-4-6-15/h2-6,14,16-17H,7-13H2,1H3,(H,23,24). The maximum absolute atomic E-state index is 12.7. The molecule has 6 nitrogen and oxygen atoms in total. The van der Waals surface area contributed by atoms with Gasteiger partial charge < -0.3 is 14.7 Å². The summed E-state index contributed by atoms with van der Waals surface area (Å²) in [7, 11) is 0. The maximum atomic E-state index is 12.7. The van der Waals surface area contributed by atoms with Crippen LogP contribution in [0.1, 0.15) is 31.7 Å². The molecule has 1 N–H and O–H groups in total. The van der Waals surface area contributed by atoms with Crippen LogP contribution in [0.3, 0.4) is 0 Å². The zero-order valence-corrected chi connectivity index (χ0v) is 14.6. The Morgan fingerprint density at radius 1 is 1.32 bits per heavy atom. The summed E-state index contributed by atoms with van der Waals surface area (Å²) in [4.78, 5) is 27.8. The predicted octanol–water partition coefficient (Wildman–Crippen LogP) is 1.74. The number of carboxylic acid groups (broad SMARTS) is 1. The number of morpholine rings is 1. The van der Waals surface area contributed by atoms with Crippen LogP contribution in [0, 0.1) is 0 Å². The van der Waals surface area contributed by atoms with Gasteiger partial charge in [-0.05, 0) is 25.3 Å². The molecule has 1 aliphatic carbocycles. The third-order valence-electron chi connectivity index (χ3n) is 4.88. The Bertz CT molecular complexity index is 603. The van der Waals surface area contributed by atoms with Crippen LogP contribution in [0.15, 0.2) is 30.3 Å². The summed E-state index contributed by atoms with van der Waals surface area (Å²) < 4.78 is 5.77. The summed E-state index contributed by atoms with van der Waals surface area (Å²) in [5.74, 6) is -1.06. The number of amides is 1. The maximum Gasteiger partial charge on any atom is 0.326 e. The SMILES string of the molecule is CC(C(=O)O)N(C(=O)CC1CN(Cc2ccccc2)CCO1)C1CC1. The minimum atomic E-state index is -0.949. The Hall–Kier alpha value is -1.92. The Labute approximate surface area is 148 Å². The van der Waals surface area contributed by atoms with Crippen molar-refractivity contribution in [3.05, 3.63) is 35.9 Å². The number of carbonyl (C=O) groups excluding carboxylic acids is 1. The van der Waals surface area contributed by atoms with E-state index in [-0.39, 0.29) is 24.5 Å². The highest BCUT2D eigenvalue weighted by atomic mass is 16.5. The first-order valence-corrected chi connectivity index (χ1v) is 8.96. The topological polar surface area (TPSA) is 70.1 Å². The van der Waals surface area contributed by atoms with Crippen LogP contribution in [0.5, 0.6) is 0 Å². The van der Waals surface area contributed by atoms with Crippen molar-refractivity contribution in [2.45, 2.75) is 50.9 Å². The van der Waals surface area contributed by atoms with Gasteiger partial charge in [-0.25, -0.2) is 4.79 Å². The van der Waals surface area contributed by atoms with Crippen molar-refractivity contribution in [3.63, 3.8) is 0 Å². The van der Waals surface area contributed by atoms with Crippen molar-refractivity contribution in [2.75, 3.05) is 19.7 Å². The lowest BCUT2D eigenvalue weighted by atomic mass is 10.1. The molecule has 6 heteroatoms. The van der Waals surface area contributed by atoms with Crippen molar-refractivity contribution in [1.29, 1.82) is 0 Å². The van der Waals surface area contributed by atoms with Crippen molar-refractivity contribution in [3.8, 4) is 0 Å². The van der Waals surface area contributed by atoms with E-state index in [2.05, 4.69) is 17.0 Å². The van der Waals surface area contributed by atoms with Gasteiger partial charge in [0.15, 0.2) is 0 Å². The fourth-order valence-corrected chi connectivity index (χ4v) is 3.40. The molecule has 0 bridgehead atoms. The Morgan fingerprint density at radius 3 is 2.68 bits per heavy atom. The average molecular weight is 346 g/mol. The molecule has 0 aromatic heterocycles. The van der Waals surface area contributed by atoms with E-state index in [1.165, 1.54) is 5.56 Å². The molecule has 1 aromatic carbocycles. The quantitative estimate of drug-likeness (QED) is 0.814. The molecular formula is C19H26N2O4. The van der Waals surface area contributed by atoms with Crippen LogP contribution in [-0.4, -0.2) is 64.7 Å². The lowest BCUT2D eigenvalue weighted by molar-refractivity contribution is -0.152. The summed E-state index contributed by atoms with van der Waals surface area (Å²) in [5.41, 5.74) is 1.24. The van der Waals surface area contributed by atoms with Crippen molar-refractivity contribution >= 4 is 11.9 Å². The highest BCUT2D eigenvalue weighted by Crippen LogP contribution is 2.30. The summed E-state index contributed by atoms with van der Waals surface area (Å²) in [5, 5.41) is 9.26. The van der Waals surface area contributed by atoms with E-state index in [0.29, 0.717) is 13.2 Å². The summed E-state index contributed by atoms with van der Waals surface area (Å²) in [6.07, 6.45) is 1.87. The van der Waals surface area contributed by atoms with E-state index in [1.807, 2.05) is 18.2 Å². The number of hydrogen-bond donors (Lipinski definition) is 1. The van der Waals surface area contributed by atoms with E-state index in [0.717, 1.165) is 25.9 Å². The van der Waals surface area contributed by atoms with E-state index >= 15 is 0 Å². The molecule has 1 saturated heterocycles. The highest BCUT2D eigenvalue weighted by molar-refractivity contribution is 5.84. The van der Waals surface area contributed by atoms with Crippen molar-refractivity contribution in [2.24, 2.45) is 0 Å². The molecule has 2 atom stereocenters. The average Bonchev–Trinajstić information content (AvgIpc) is 3.41. The second-order valence-corrected chi connectivity index (χ2v) is 6.96. The zero-order valence-electron chi connectivity index (χ0n) is 14.6. The van der Waals surface area contributed by atoms with Crippen LogP contribution in [0.2, 0.25) is 0 Å². The summed E-state index contributed by atoms with van der Waals surface area (Å²) in [6, 6.07) is 9.56. The first kappa shape index (κ1) is 17.9. The van der Waals surface area contributed by atoms with E-state index in [9.17, 15) is 14.7 Å². The second kappa shape index (κ2) is 7.97. The Kier molecular flexibility index (Phi) is 5.71. The molecule has 2 fully saturated rings. The molecule has 136 valence electrons. The minimum absolute atomic E-state index is 0.0858. The molecule has 3 rings (SSSR count). The van der Waals surface area contributed by atoms with Crippen LogP contribution >= 0.6 is 0 Å². The van der Waals surface area contributed by atoms with Gasteiger partial charge in [-0.15, -0.1) is 0 Å². The van der Waals surface area contributed by atoms with Gasteiger partial charge in [0.2, 0.25) is 5.91 Å². The zero-order chi connectivity index (χ0) is 17.8. The van der Waals surface area contributed by atoms with Gasteiger partial charge in [0.1, 0.15) is 6.04 Å². The molecule has 2 aliphatic rings. The molecule has 1 saturated carbocycles. The fraction of sp³-hybridized carbons (Fsp3) is 0.579. The first-order chi connectivity index (χ1) is 12.0. The van der Waals surface area contributed by atoms with Crippen molar-refractivity contribution in [1.82, 2.24) is 9.80 Å². The number of rotatable bonds is 7. The molecule has 1 aliphatic heterocycles. The van der Waals surface area contributed by atoms with Crippen LogP contribution < -0.4 is 0 Å². The smallest absolute Gasteiger partial charge is 0.326 e. The van der Waals surface area contributed by atoms with Gasteiger partial charge in [0, 0.05) is 25.7 Å². The monoisotopic (exact) mass is 346 g/mol. The van der Waals surface area contributed by atoms with Gasteiger partial charge in [-0.3, -0.25) is 9.69 Å². The van der Waals surface area contributed by atoms with E-state index < -0.39 is 12.0 Å². The molecule has 0 spiro atoms. The van der Waals surface area contributed by atoms with Gasteiger partial charge >= 0.3 is 5.97 Å². The third-order valence-corrected chi connectivity index (χ3v) is 4.88. The van der Waals surface area contributed by atoms with Crippen LogP contribution in [-0.2, 0) is 20.9 Å². The highest BCUT2D eigenvalue weighted by Gasteiger charge is 2.39. The molecule has 0 radical (unpaired) electrons. The Balaban J connectivity index is 1.56. The number of ether oxygens (including phenoxy) is 1. The van der Waals surface area contributed by atoms with Gasteiger partial charge in [-0.1, -0.05) is 30.3 Å². The molecular weight excluding hydrogens is 320 g/mol. The molecule has 2 unspecified atom stereocenters. The van der Waals surface area contributed by atoms with E-state index in [1.54, 1.807) is 11.8 Å². The Morgan fingerprint density at radius 2 is 2.04 bits per heavy atom. The fourth-order valence-electron chi connectivity index (χ4n) is 3.40. The first-order valence-electron chi connectivity index (χ1n) is 8.96. The van der Waals surface area contributed by atoms with Crippen LogP contribution in [0.4, 0.5) is 0 Å². The number of carbonyl (C=O) groups is 2. The molecule has 1 amide bonds. The number of nitrogens with zero attached hydrogens (tertiary/aromatic N) is 2. The largest absolute Gasteiger partial charge is 0.480 e. The lowest BCUT2D eigenvalue weighted by Crippen LogP contribution is -2.48. The minimum Gasteiger partial charge on any atom is -0.480 e. The van der Waals surface area contributed by atoms with Gasteiger partial charge in [0.25, 0.3) is 0 Å². The third kappa shape index (κ3) is 4.80. The predicted molar refractivity (Wildman–Crippen MR) is 93.0 cm³/mol. The lowest BCUT2D eigenvalue weighted by Gasteiger charge is -2.34. The normalized spacial score (nSPS) is 22.4. The summed E-state index contributed by atoms with van der Waals surface area (Å²) in [6.45, 7) is 4.56. The second-order valence-electron chi connectivity index (χ2n) is 6.96. The number of hydrogen-bond acceptors (Lipinski definition) is 4. The van der Waals surface area contributed by atoms with Crippen LogP contribution in [0.25, 0.3) is 0 Å². The van der Waals surface area contributed by atoms with Gasteiger partial charge in [0.05, 0.1) is 19.1 Å². The van der Waals surface area contributed by atoms with Gasteiger partial charge in [-0.2, -0.15) is 0 Å². The number of benzene rings is 1.